The van der Waals surface area contributed by atoms with Crippen LogP contribution in [0.2, 0.25) is 0 Å². The third-order valence-corrected chi connectivity index (χ3v) is 6.46. The fourth-order valence-electron chi connectivity index (χ4n) is 4.26. The van der Waals surface area contributed by atoms with E-state index in [9.17, 15) is 0 Å². The van der Waals surface area contributed by atoms with Crippen molar-refractivity contribution in [1.82, 2.24) is 0 Å². The Morgan fingerprint density at radius 3 is 0.875 bits per heavy atom. The molecule has 0 rings (SSSR count). The van der Waals surface area contributed by atoms with Gasteiger partial charge in [-0.3, -0.25) is 0 Å². The van der Waals surface area contributed by atoms with E-state index in [4.69, 9.17) is 15.2 Å². The molecule has 3 nitrogen and oxygen atoms in total. The van der Waals surface area contributed by atoms with E-state index in [2.05, 4.69) is 6.92 Å². The van der Waals surface area contributed by atoms with Crippen molar-refractivity contribution in [3.05, 3.63) is 0 Å². The highest BCUT2D eigenvalue weighted by Crippen LogP contribution is 2.13. The van der Waals surface area contributed by atoms with Crippen molar-refractivity contribution in [3.63, 3.8) is 0 Å². The van der Waals surface area contributed by atoms with E-state index in [-0.39, 0.29) is 0 Å². The van der Waals surface area contributed by atoms with Crippen LogP contribution in [0.3, 0.4) is 0 Å². The molecule has 0 aromatic rings. The molecular weight excluding hydrogens is 394 g/mol. The number of nitrogens with two attached hydrogens (primary N) is 1. The van der Waals surface area contributed by atoms with Crippen LogP contribution in [0.5, 0.6) is 0 Å². The minimum Gasteiger partial charge on any atom is -0.381 e. The van der Waals surface area contributed by atoms with Gasteiger partial charge in [-0.1, -0.05) is 129 Å². The first-order chi connectivity index (χ1) is 15.9. The fraction of sp³-hybridized carbons (Fsp3) is 1.00. The maximum atomic E-state index is 5.82. The van der Waals surface area contributed by atoms with Crippen LogP contribution in [0.4, 0.5) is 0 Å². The normalized spacial score (nSPS) is 11.4. The zero-order valence-corrected chi connectivity index (χ0v) is 22.2. The molecule has 0 aliphatic carbocycles. The number of hydrogen-bond acceptors (Lipinski definition) is 3. The molecule has 0 aromatic carbocycles. The van der Waals surface area contributed by atoms with Crippen LogP contribution in [0.15, 0.2) is 0 Å². The van der Waals surface area contributed by atoms with Gasteiger partial charge in [0.05, 0.1) is 0 Å². The Hall–Kier alpha value is -0.120. The van der Waals surface area contributed by atoms with Crippen LogP contribution >= 0.6 is 0 Å². The molecule has 0 aliphatic rings. The third kappa shape index (κ3) is 29.9. The van der Waals surface area contributed by atoms with Crippen molar-refractivity contribution >= 4 is 0 Å². The van der Waals surface area contributed by atoms with E-state index in [1.54, 1.807) is 0 Å². The lowest BCUT2D eigenvalue weighted by molar-refractivity contribution is 0.125. The largest absolute Gasteiger partial charge is 0.381 e. The van der Waals surface area contributed by atoms with Gasteiger partial charge in [-0.15, -0.1) is 0 Å². The van der Waals surface area contributed by atoms with Gasteiger partial charge in [0.2, 0.25) is 0 Å². The van der Waals surface area contributed by atoms with Crippen molar-refractivity contribution < 1.29 is 9.47 Å². The van der Waals surface area contributed by atoms with Crippen LogP contribution in [0.1, 0.15) is 155 Å². The van der Waals surface area contributed by atoms with Gasteiger partial charge in [0.25, 0.3) is 0 Å². The van der Waals surface area contributed by atoms with Crippen LogP contribution in [0.25, 0.3) is 0 Å². The van der Waals surface area contributed by atoms with E-state index in [1.165, 1.54) is 141 Å². The molecule has 0 saturated heterocycles. The van der Waals surface area contributed by atoms with Crippen LogP contribution in [-0.2, 0) is 9.47 Å². The number of rotatable bonds is 29. The number of ether oxygens (including phenoxy) is 2. The fourth-order valence-corrected chi connectivity index (χ4v) is 4.26. The van der Waals surface area contributed by atoms with Gasteiger partial charge in [-0.25, -0.2) is 0 Å². The van der Waals surface area contributed by atoms with E-state index >= 15 is 0 Å². The molecular formula is C29H61NO2. The molecule has 0 atom stereocenters. The Morgan fingerprint density at radius 2 is 0.594 bits per heavy atom. The molecule has 0 spiro atoms. The Morgan fingerprint density at radius 1 is 0.344 bits per heavy atom. The monoisotopic (exact) mass is 455 g/mol. The summed E-state index contributed by atoms with van der Waals surface area (Å²) in [5.74, 6) is 0. The van der Waals surface area contributed by atoms with Gasteiger partial charge >= 0.3 is 0 Å². The van der Waals surface area contributed by atoms with E-state index in [1.807, 2.05) is 0 Å². The molecule has 194 valence electrons. The molecule has 0 heterocycles. The quantitative estimate of drug-likeness (QED) is 0.114. The first-order valence-corrected chi connectivity index (χ1v) is 14.8. The highest BCUT2D eigenvalue weighted by Gasteiger charge is 1.96. The van der Waals surface area contributed by atoms with Gasteiger partial charge in [0.1, 0.15) is 0 Å². The van der Waals surface area contributed by atoms with Crippen LogP contribution in [0, 0.1) is 0 Å². The van der Waals surface area contributed by atoms with Gasteiger partial charge < -0.3 is 15.2 Å². The smallest absolute Gasteiger partial charge is 0.0478 e. The van der Waals surface area contributed by atoms with E-state index < -0.39 is 0 Å². The first kappa shape index (κ1) is 31.9. The summed E-state index contributed by atoms with van der Waals surface area (Å²) in [6, 6.07) is 0. The Kier molecular flexibility index (Phi) is 30.8. The van der Waals surface area contributed by atoms with Crippen molar-refractivity contribution in [2.75, 3.05) is 33.0 Å². The molecule has 0 aliphatic heterocycles. The molecule has 2 N–H and O–H groups in total. The van der Waals surface area contributed by atoms with Gasteiger partial charge in [0.15, 0.2) is 0 Å². The third-order valence-electron chi connectivity index (χ3n) is 6.46. The zero-order chi connectivity index (χ0) is 23.2. The summed E-state index contributed by atoms with van der Waals surface area (Å²) in [6.07, 6.45) is 31.4. The maximum Gasteiger partial charge on any atom is 0.0478 e. The van der Waals surface area contributed by atoms with Crippen molar-refractivity contribution in [2.45, 2.75) is 155 Å². The second-order valence-electron chi connectivity index (χ2n) is 9.79. The lowest BCUT2D eigenvalue weighted by Crippen LogP contribution is -2.04. The second kappa shape index (κ2) is 30.9. The van der Waals surface area contributed by atoms with Crippen LogP contribution in [-0.4, -0.2) is 33.0 Å². The highest BCUT2D eigenvalue weighted by molar-refractivity contribution is 4.50. The number of hydrogen-bond donors (Lipinski definition) is 1. The van der Waals surface area contributed by atoms with Crippen molar-refractivity contribution in [3.8, 4) is 0 Å². The molecule has 32 heavy (non-hydrogen) atoms. The highest BCUT2D eigenvalue weighted by atomic mass is 16.5. The summed E-state index contributed by atoms with van der Waals surface area (Å²) in [5, 5.41) is 0. The summed E-state index contributed by atoms with van der Waals surface area (Å²) in [5.41, 5.74) is 5.45. The van der Waals surface area contributed by atoms with Crippen molar-refractivity contribution in [2.24, 2.45) is 5.73 Å². The maximum absolute atomic E-state index is 5.82. The Labute approximate surface area is 203 Å². The summed E-state index contributed by atoms with van der Waals surface area (Å²) < 4.78 is 11.4. The van der Waals surface area contributed by atoms with Gasteiger partial charge in [-0.05, 0) is 32.2 Å². The van der Waals surface area contributed by atoms with E-state index in [0.29, 0.717) is 0 Å². The van der Waals surface area contributed by atoms with Gasteiger partial charge in [0, 0.05) is 26.4 Å². The summed E-state index contributed by atoms with van der Waals surface area (Å²) in [4.78, 5) is 0. The summed E-state index contributed by atoms with van der Waals surface area (Å²) in [7, 11) is 0. The molecule has 0 bridgehead atoms. The summed E-state index contributed by atoms with van der Waals surface area (Å²) in [6.45, 7) is 6.75. The summed E-state index contributed by atoms with van der Waals surface area (Å²) >= 11 is 0. The minimum absolute atomic E-state index is 0.743. The van der Waals surface area contributed by atoms with Crippen molar-refractivity contribution in [1.29, 1.82) is 0 Å². The molecule has 0 saturated carbocycles. The average Bonchev–Trinajstić information content (AvgIpc) is 2.81. The minimum atomic E-state index is 0.743. The molecule has 0 fully saturated rings. The number of unbranched alkanes of at least 4 members (excludes halogenated alkanes) is 20. The standard InChI is InChI=1S/C29H61NO2/c1-2-3-4-5-6-7-8-9-12-15-18-21-26-31-27-22-19-16-13-10-11-14-17-20-23-28-32-29-24-25-30/h2-30H2,1H3. The molecule has 0 unspecified atom stereocenters. The van der Waals surface area contributed by atoms with Crippen LogP contribution < -0.4 is 5.73 Å². The predicted octanol–water partition coefficient (Wildman–Crippen LogP) is 8.97. The lowest BCUT2D eigenvalue weighted by atomic mass is 10.1. The first-order valence-electron chi connectivity index (χ1n) is 14.8. The van der Waals surface area contributed by atoms with Gasteiger partial charge in [-0.2, -0.15) is 0 Å². The zero-order valence-electron chi connectivity index (χ0n) is 22.2. The molecule has 0 aromatic heterocycles. The molecule has 0 radical (unpaired) electrons. The lowest BCUT2D eigenvalue weighted by Gasteiger charge is -2.06. The Bertz CT molecular complexity index is 282. The topological polar surface area (TPSA) is 44.5 Å². The van der Waals surface area contributed by atoms with E-state index in [0.717, 1.165) is 39.4 Å². The predicted molar refractivity (Wildman–Crippen MR) is 143 cm³/mol. The average molecular weight is 456 g/mol. The molecule has 3 heteroatoms. The second-order valence-corrected chi connectivity index (χ2v) is 9.79. The SMILES string of the molecule is CCCCCCCCCCCCCCOCCCCCCCCCCCCOCCCN. The molecule has 0 amide bonds. The Balaban J connectivity index is 2.98.